The van der Waals surface area contributed by atoms with Gasteiger partial charge in [0.05, 0.1) is 7.11 Å². The van der Waals surface area contributed by atoms with E-state index < -0.39 is 29.0 Å². The first kappa shape index (κ1) is 26.8. The Morgan fingerprint density at radius 3 is 1.74 bits per heavy atom. The van der Waals surface area contributed by atoms with E-state index in [1.165, 1.54) is 7.11 Å². The molecule has 0 rings (SSSR count). The first-order chi connectivity index (χ1) is 12.4. The van der Waals surface area contributed by atoms with Crippen molar-refractivity contribution in [3.05, 3.63) is 85.2 Å². The minimum atomic E-state index is -1.18. The van der Waals surface area contributed by atoms with E-state index in [1.54, 1.807) is 19.9 Å². The summed E-state index contributed by atoms with van der Waals surface area (Å²) < 4.78 is 45.9. The summed E-state index contributed by atoms with van der Waals surface area (Å²) in [6.45, 7) is 22.3. The Balaban J connectivity index is 0. The molecule has 0 aromatic heterocycles. The molecule has 0 amide bonds. The van der Waals surface area contributed by atoms with Crippen LogP contribution in [0.1, 0.15) is 33.6 Å². The predicted octanol–water partition coefficient (Wildman–Crippen LogP) is 7.58. The molecular weight excluding hydrogens is 353 g/mol. The molecule has 0 bridgehead atoms. The molecule has 0 heterocycles. The molecule has 0 aliphatic heterocycles. The summed E-state index contributed by atoms with van der Waals surface area (Å²) in [5.41, 5.74) is 0.196. The van der Waals surface area contributed by atoms with Crippen molar-refractivity contribution in [2.75, 3.05) is 7.11 Å². The molecule has 0 aliphatic rings. The van der Waals surface area contributed by atoms with Crippen LogP contribution in [0.25, 0.3) is 0 Å². The zero-order valence-electron chi connectivity index (χ0n) is 16.7. The van der Waals surface area contributed by atoms with E-state index in [0.717, 1.165) is 6.08 Å². The van der Waals surface area contributed by atoms with Gasteiger partial charge in [0.15, 0.2) is 11.7 Å². The molecule has 0 aromatic carbocycles. The van der Waals surface area contributed by atoms with Crippen molar-refractivity contribution in [3.63, 3.8) is 0 Å². The third-order valence-corrected chi connectivity index (χ3v) is 3.79. The highest BCUT2D eigenvalue weighted by Crippen LogP contribution is 2.31. The molecule has 152 valence electrons. The van der Waals surface area contributed by atoms with E-state index >= 15 is 0 Å². The van der Waals surface area contributed by atoms with Crippen LogP contribution < -0.4 is 0 Å². The molecule has 2 unspecified atom stereocenters. The van der Waals surface area contributed by atoms with Crippen molar-refractivity contribution in [2.24, 2.45) is 11.8 Å². The maximum Gasteiger partial charge on any atom is 0.200 e. The van der Waals surface area contributed by atoms with Crippen molar-refractivity contribution in [2.45, 2.75) is 33.6 Å². The minimum Gasteiger partial charge on any atom is -0.508 e. The lowest BCUT2D eigenvalue weighted by Crippen LogP contribution is -2.06. The Kier molecular flexibility index (Phi) is 13.6. The Labute approximate surface area is 161 Å². The molecule has 0 aromatic rings. The summed E-state index contributed by atoms with van der Waals surface area (Å²) in [6.07, 6.45) is 3.57. The highest BCUT2D eigenvalue weighted by molar-refractivity contribution is 5.33. The summed E-state index contributed by atoms with van der Waals surface area (Å²) in [5, 5.41) is 8.96. The predicted molar refractivity (Wildman–Crippen MR) is 108 cm³/mol. The van der Waals surface area contributed by atoms with Gasteiger partial charge in [-0.15, -0.1) is 6.58 Å². The van der Waals surface area contributed by atoms with Gasteiger partial charge < -0.3 is 9.84 Å². The number of rotatable bonds is 10. The van der Waals surface area contributed by atoms with E-state index in [0.29, 0.717) is 12.8 Å². The molecule has 5 heteroatoms. The van der Waals surface area contributed by atoms with Crippen molar-refractivity contribution >= 4 is 0 Å². The fraction of sp³-hybridized carbons (Fsp3) is 0.364. The number of aliphatic hydroxyl groups is 1. The van der Waals surface area contributed by atoms with Gasteiger partial charge in [-0.1, -0.05) is 46.2 Å². The summed E-state index contributed by atoms with van der Waals surface area (Å²) in [6, 6.07) is 0. The fourth-order valence-corrected chi connectivity index (χ4v) is 1.89. The topological polar surface area (TPSA) is 29.5 Å². The third-order valence-electron chi connectivity index (χ3n) is 3.79. The van der Waals surface area contributed by atoms with Gasteiger partial charge in [0.2, 0.25) is 0 Å². The maximum absolute atomic E-state index is 14.0. The van der Waals surface area contributed by atoms with Gasteiger partial charge in [-0.05, 0) is 42.7 Å². The Bertz CT molecular complexity index is 627. The van der Waals surface area contributed by atoms with Crippen LogP contribution in [0, 0.1) is 11.8 Å². The molecule has 0 spiro atoms. The molecule has 0 saturated heterocycles. The zero-order chi connectivity index (χ0) is 21.7. The molecule has 27 heavy (non-hydrogen) atoms. The van der Waals surface area contributed by atoms with Gasteiger partial charge in [-0.25, -0.2) is 8.78 Å². The summed E-state index contributed by atoms with van der Waals surface area (Å²) >= 11 is 0. The number of hydrogen-bond acceptors (Lipinski definition) is 2. The standard InChI is InChI=1S/C19H25F3O2.C3H6/c1-11(14(4)17(20)10-13(3)23)8-9-12(2)15(5)18(21)19(22)16(6)24-7;1-3-2/h10-12,23H,3-6,8-9H2,1-2,7H3;3H,1H2,2H3/b17-10+,19-18-;. The molecule has 0 radical (unpaired) electrons. The zero-order valence-corrected chi connectivity index (χ0v) is 16.7. The van der Waals surface area contributed by atoms with Crippen LogP contribution in [0.2, 0.25) is 0 Å². The number of allylic oxidation sites excluding steroid dienone is 7. The normalized spacial score (nSPS) is 14.0. The van der Waals surface area contributed by atoms with E-state index in [9.17, 15) is 13.2 Å². The second kappa shape index (κ2) is 13.7. The largest absolute Gasteiger partial charge is 0.508 e. The summed E-state index contributed by atoms with van der Waals surface area (Å²) in [5.74, 6) is -4.35. The minimum absolute atomic E-state index is 0.0109. The molecular formula is C22H31F3O2. The van der Waals surface area contributed by atoms with Crippen LogP contribution in [0.15, 0.2) is 85.2 Å². The Morgan fingerprint density at radius 1 is 0.963 bits per heavy atom. The lowest BCUT2D eigenvalue weighted by atomic mass is 9.88. The van der Waals surface area contributed by atoms with Crippen molar-refractivity contribution in [3.8, 4) is 0 Å². The van der Waals surface area contributed by atoms with Crippen molar-refractivity contribution < 1.29 is 23.0 Å². The van der Waals surface area contributed by atoms with Crippen LogP contribution in [-0.2, 0) is 4.74 Å². The van der Waals surface area contributed by atoms with Gasteiger partial charge in [-0.3, -0.25) is 0 Å². The highest BCUT2D eigenvalue weighted by Gasteiger charge is 2.20. The number of halogens is 3. The van der Waals surface area contributed by atoms with Gasteiger partial charge in [0.25, 0.3) is 0 Å². The monoisotopic (exact) mass is 384 g/mol. The first-order valence-corrected chi connectivity index (χ1v) is 8.43. The van der Waals surface area contributed by atoms with Crippen LogP contribution in [-0.4, -0.2) is 12.2 Å². The molecule has 0 aliphatic carbocycles. The lowest BCUT2D eigenvalue weighted by molar-refractivity contribution is 0.280. The van der Waals surface area contributed by atoms with Gasteiger partial charge in [0.1, 0.15) is 17.3 Å². The molecule has 0 fully saturated rings. The number of methoxy groups -OCH3 is 1. The van der Waals surface area contributed by atoms with E-state index in [-0.39, 0.29) is 23.0 Å². The highest BCUT2D eigenvalue weighted by atomic mass is 19.2. The average Bonchev–Trinajstić information content (AvgIpc) is 2.62. The smallest absolute Gasteiger partial charge is 0.200 e. The second-order valence-corrected chi connectivity index (χ2v) is 6.08. The van der Waals surface area contributed by atoms with Crippen LogP contribution >= 0.6 is 0 Å². The van der Waals surface area contributed by atoms with Gasteiger partial charge in [0, 0.05) is 6.08 Å². The average molecular weight is 384 g/mol. The van der Waals surface area contributed by atoms with Crippen LogP contribution in [0.4, 0.5) is 13.2 Å². The number of aliphatic hydroxyl groups excluding tert-OH is 1. The maximum atomic E-state index is 14.0. The second-order valence-electron chi connectivity index (χ2n) is 6.08. The number of hydrogen-bond donors (Lipinski definition) is 1. The fourth-order valence-electron chi connectivity index (χ4n) is 1.89. The number of ether oxygens (including phenoxy) is 1. The summed E-state index contributed by atoms with van der Waals surface area (Å²) in [7, 11) is 1.19. The summed E-state index contributed by atoms with van der Waals surface area (Å²) in [4.78, 5) is 0. The van der Waals surface area contributed by atoms with E-state index in [4.69, 9.17) is 5.11 Å². The van der Waals surface area contributed by atoms with Crippen LogP contribution in [0.5, 0.6) is 0 Å². The van der Waals surface area contributed by atoms with Crippen molar-refractivity contribution in [1.82, 2.24) is 0 Å². The molecule has 1 N–H and O–H groups in total. The SMILES string of the molecule is C=C(O)/C=C(/F)C(=C)C(C)CCC(C)C(=C)/C(F)=C(/F)C(=C)OC.C=CC. The molecule has 0 saturated carbocycles. The third kappa shape index (κ3) is 10.3. The van der Waals surface area contributed by atoms with Gasteiger partial charge in [-0.2, -0.15) is 4.39 Å². The molecule has 2 atom stereocenters. The molecule has 2 nitrogen and oxygen atoms in total. The van der Waals surface area contributed by atoms with E-state index in [1.807, 2.05) is 6.92 Å². The Hall–Kier alpha value is -2.43. The Morgan fingerprint density at radius 2 is 1.37 bits per heavy atom. The van der Waals surface area contributed by atoms with Crippen LogP contribution in [0.3, 0.4) is 0 Å². The van der Waals surface area contributed by atoms with Gasteiger partial charge >= 0.3 is 0 Å². The quantitative estimate of drug-likeness (QED) is 0.239. The first-order valence-electron chi connectivity index (χ1n) is 8.43. The lowest BCUT2D eigenvalue weighted by Gasteiger charge is -2.18. The van der Waals surface area contributed by atoms with E-state index in [2.05, 4.69) is 37.6 Å². The van der Waals surface area contributed by atoms with Crippen molar-refractivity contribution in [1.29, 1.82) is 0 Å².